The summed E-state index contributed by atoms with van der Waals surface area (Å²) in [6.07, 6.45) is 0. The number of hydrogen-bond acceptors (Lipinski definition) is 18. The molecule has 1 aliphatic rings. The second-order valence-electron chi connectivity index (χ2n) is 17.3. The maximum atomic E-state index is 12.7. The fraction of sp³-hybridized carbons (Fsp3) is 0.240. The molecular weight excluding hydrogens is 1120 g/mol. The van der Waals surface area contributed by atoms with Crippen molar-refractivity contribution in [2.75, 3.05) is 26.2 Å². The van der Waals surface area contributed by atoms with E-state index >= 15 is 0 Å². The van der Waals surface area contributed by atoms with Crippen LogP contribution < -0.4 is 37.9 Å². The van der Waals surface area contributed by atoms with E-state index in [1.807, 2.05) is 0 Å². The van der Waals surface area contributed by atoms with Crippen LogP contribution in [-0.4, -0.2) is 92.1 Å². The lowest BCUT2D eigenvalue weighted by Gasteiger charge is -2.24. The highest BCUT2D eigenvalue weighted by molar-refractivity contribution is 7.88. The van der Waals surface area contributed by atoms with E-state index in [0.717, 1.165) is 73.7 Å². The summed E-state index contributed by atoms with van der Waals surface area (Å²) in [4.78, 5) is 23.1. The summed E-state index contributed by atoms with van der Waals surface area (Å²) in [6, 6.07) is 29.5. The normalized spacial score (nSPS) is 13.1. The molecule has 26 heteroatoms. The number of hydrogen-bond donors (Lipinski definition) is 4. The molecule has 1 fully saturated rings. The Hall–Kier alpha value is -6.32. The minimum atomic E-state index is -4.97. The first-order chi connectivity index (χ1) is 35.3. The van der Waals surface area contributed by atoms with Gasteiger partial charge in [0.2, 0.25) is 11.2 Å². The SMILES string of the molecule is C1CNCCN1.Cc1ccc(S(=O)(=O)Oc2ccc(OC(=O)C(C)(C)Oc3ccc(Cl)cc3)cc2S(=O)(=O)O)cc1.Cc1ccc(S(=O)(=O)Oc2ccc(OC(=O)C(C)(C)Oc3ccc(Cl)cc3)cc2S(=O)(=O)O)cc1. The molecule has 7 rings (SSSR count). The molecule has 76 heavy (non-hydrogen) atoms. The van der Waals surface area contributed by atoms with E-state index in [0.29, 0.717) is 21.5 Å². The Bertz CT molecular complexity index is 3230. The molecule has 408 valence electrons. The van der Waals surface area contributed by atoms with Crippen LogP contribution in [-0.2, 0) is 50.1 Å². The number of halogens is 2. The van der Waals surface area contributed by atoms with Crippen LogP contribution in [0.15, 0.2) is 153 Å². The summed E-state index contributed by atoms with van der Waals surface area (Å²) in [5.74, 6) is -3.07. The molecule has 0 spiro atoms. The van der Waals surface area contributed by atoms with Gasteiger partial charge in [0.05, 0.1) is 0 Å². The third kappa shape index (κ3) is 17.9. The van der Waals surface area contributed by atoms with Crippen molar-refractivity contribution >= 4 is 75.6 Å². The van der Waals surface area contributed by atoms with Gasteiger partial charge < -0.3 is 37.9 Å². The molecule has 6 aromatic carbocycles. The van der Waals surface area contributed by atoms with Gasteiger partial charge in [-0.25, -0.2) is 9.59 Å². The number of carbonyl (C=O) groups is 2. The molecule has 0 aliphatic carbocycles. The van der Waals surface area contributed by atoms with Gasteiger partial charge in [-0.05, 0) is 139 Å². The molecule has 6 aromatic rings. The first kappa shape index (κ1) is 60.5. The van der Waals surface area contributed by atoms with Gasteiger partial charge in [-0.2, -0.15) is 33.7 Å². The van der Waals surface area contributed by atoms with Crippen molar-refractivity contribution in [3.05, 3.63) is 155 Å². The number of aryl methyl sites for hydroxylation is 2. The van der Waals surface area contributed by atoms with Crippen molar-refractivity contribution in [1.82, 2.24) is 10.6 Å². The molecule has 0 unspecified atom stereocenters. The predicted octanol–water partition coefficient (Wildman–Crippen LogP) is 8.03. The summed E-state index contributed by atoms with van der Waals surface area (Å²) in [6.45, 7) is 13.8. The lowest BCUT2D eigenvalue weighted by molar-refractivity contribution is -0.149. The number of benzene rings is 6. The Kier molecular flexibility index (Phi) is 20.1. The van der Waals surface area contributed by atoms with Crippen LogP contribution in [0.3, 0.4) is 0 Å². The van der Waals surface area contributed by atoms with Crippen molar-refractivity contribution in [2.24, 2.45) is 0 Å². The molecule has 0 bridgehead atoms. The van der Waals surface area contributed by atoms with E-state index in [-0.39, 0.29) is 21.3 Å². The molecule has 0 aromatic heterocycles. The van der Waals surface area contributed by atoms with Gasteiger partial charge in [0.1, 0.15) is 42.6 Å². The van der Waals surface area contributed by atoms with Gasteiger partial charge in [0.15, 0.2) is 11.5 Å². The topological polar surface area (TPSA) is 291 Å². The molecule has 0 atom stereocenters. The average Bonchev–Trinajstić information content (AvgIpc) is 3.34. The maximum Gasteiger partial charge on any atom is 0.355 e. The van der Waals surface area contributed by atoms with Crippen molar-refractivity contribution in [3.63, 3.8) is 0 Å². The number of rotatable bonds is 16. The van der Waals surface area contributed by atoms with Gasteiger partial charge in [-0.1, -0.05) is 58.6 Å². The van der Waals surface area contributed by atoms with Gasteiger partial charge in [-0.3, -0.25) is 9.11 Å². The Morgan fingerprint density at radius 3 is 1.03 bits per heavy atom. The summed E-state index contributed by atoms with van der Waals surface area (Å²) in [7, 11) is -18.8. The Labute approximate surface area is 450 Å². The third-order valence-corrected chi connectivity index (χ3v) is 14.9. The van der Waals surface area contributed by atoms with Crippen molar-refractivity contribution in [1.29, 1.82) is 0 Å². The average molecular weight is 1170 g/mol. The highest BCUT2D eigenvalue weighted by atomic mass is 35.5. The molecule has 1 heterocycles. The van der Waals surface area contributed by atoms with E-state index in [1.54, 1.807) is 62.4 Å². The molecule has 4 N–H and O–H groups in total. The van der Waals surface area contributed by atoms with Gasteiger partial charge in [-0.15, -0.1) is 0 Å². The Morgan fingerprint density at radius 1 is 0.461 bits per heavy atom. The monoisotopic (exact) mass is 1170 g/mol. The standard InChI is InChI=1S/2C23H21ClO9S2.C4H10N2/c2*1-15-4-11-19(12-5-15)35(29,30)33-20-13-10-18(14-21(20)34(26,27)28)31-22(25)23(2,3)32-17-8-6-16(24)7-9-17;1-2-6-4-3-5-1/h2*4-14H,1-3H3,(H,26,27,28);5-6H,1-4H2. The van der Waals surface area contributed by atoms with Crippen LogP contribution in [0.1, 0.15) is 38.8 Å². The largest absolute Gasteiger partial charge is 0.476 e. The Balaban J connectivity index is 0.000000252. The molecule has 1 saturated heterocycles. The van der Waals surface area contributed by atoms with Crippen molar-refractivity contribution in [2.45, 2.75) is 72.3 Å². The number of carbonyl (C=O) groups excluding carboxylic acids is 2. The zero-order valence-corrected chi connectivity index (χ0v) is 46.1. The quantitative estimate of drug-likeness (QED) is 0.0308. The van der Waals surface area contributed by atoms with Crippen LogP contribution in [0.5, 0.6) is 34.5 Å². The lowest BCUT2D eigenvalue weighted by Crippen LogP contribution is -2.41. The highest BCUT2D eigenvalue weighted by Gasteiger charge is 2.35. The maximum absolute atomic E-state index is 12.7. The van der Waals surface area contributed by atoms with Crippen LogP contribution in [0.2, 0.25) is 10.0 Å². The number of nitrogens with one attached hydrogen (secondary N) is 2. The fourth-order valence-corrected chi connectivity index (χ4v) is 9.64. The number of esters is 2. The van der Waals surface area contributed by atoms with Gasteiger partial charge in [0.25, 0.3) is 20.2 Å². The smallest absolute Gasteiger partial charge is 0.355 e. The van der Waals surface area contributed by atoms with E-state index in [4.69, 9.17) is 50.5 Å². The first-order valence-corrected chi connectivity index (χ1v) is 28.8. The molecule has 0 radical (unpaired) electrons. The third-order valence-electron chi connectivity index (χ3n) is 10.1. The fourth-order valence-electron chi connectivity index (χ4n) is 6.13. The minimum absolute atomic E-state index is 0.221. The van der Waals surface area contributed by atoms with Crippen molar-refractivity contribution in [3.8, 4) is 34.5 Å². The highest BCUT2D eigenvalue weighted by Crippen LogP contribution is 2.34. The summed E-state index contributed by atoms with van der Waals surface area (Å²) in [5, 5.41) is 7.39. The van der Waals surface area contributed by atoms with Crippen molar-refractivity contribution < 1.29 is 79.7 Å². The number of ether oxygens (including phenoxy) is 4. The minimum Gasteiger partial charge on any atom is -0.476 e. The first-order valence-electron chi connectivity index (χ1n) is 22.4. The summed E-state index contributed by atoms with van der Waals surface area (Å²) >= 11 is 11.7. The van der Waals surface area contributed by atoms with Crippen LogP contribution >= 0.6 is 23.2 Å². The van der Waals surface area contributed by atoms with E-state index < -0.39 is 84.9 Å². The van der Waals surface area contributed by atoms with Crippen LogP contribution in [0.25, 0.3) is 0 Å². The van der Waals surface area contributed by atoms with Gasteiger partial charge in [0, 0.05) is 48.4 Å². The Morgan fingerprint density at radius 2 is 0.750 bits per heavy atom. The molecule has 20 nitrogen and oxygen atoms in total. The van der Waals surface area contributed by atoms with Crippen LogP contribution in [0, 0.1) is 13.8 Å². The molecule has 1 aliphatic heterocycles. The van der Waals surface area contributed by atoms with Crippen LogP contribution in [0.4, 0.5) is 0 Å². The second-order valence-corrected chi connectivity index (χ2v) is 24.0. The molecule has 0 amide bonds. The second kappa shape index (κ2) is 25.2. The zero-order chi connectivity index (χ0) is 56.3. The number of piperazine rings is 1. The summed E-state index contributed by atoms with van der Waals surface area (Å²) in [5.41, 5.74) is -1.40. The van der Waals surface area contributed by atoms with E-state index in [2.05, 4.69) is 10.6 Å². The zero-order valence-electron chi connectivity index (χ0n) is 41.3. The molecule has 0 saturated carbocycles. The molecular formula is C50H52Cl2N2O18S4. The van der Waals surface area contributed by atoms with E-state index in [9.17, 15) is 52.4 Å². The lowest BCUT2D eigenvalue weighted by atomic mass is 10.1. The summed E-state index contributed by atoms with van der Waals surface area (Å²) < 4.78 is 149. The van der Waals surface area contributed by atoms with Gasteiger partial charge >= 0.3 is 32.2 Å². The predicted molar refractivity (Wildman–Crippen MR) is 280 cm³/mol. The van der Waals surface area contributed by atoms with E-state index in [1.165, 1.54) is 76.2 Å².